The number of aromatic nitrogens is 4. The summed E-state index contributed by atoms with van der Waals surface area (Å²) < 4.78 is 37.7. The van der Waals surface area contributed by atoms with Crippen molar-refractivity contribution in [3.05, 3.63) is 35.8 Å². The predicted molar refractivity (Wildman–Crippen MR) is 88.5 cm³/mol. The van der Waals surface area contributed by atoms with Crippen molar-refractivity contribution in [1.29, 1.82) is 0 Å². The Morgan fingerprint density at radius 1 is 1.38 bits per heavy atom. The largest absolute Gasteiger partial charge is 0.391 e. The summed E-state index contributed by atoms with van der Waals surface area (Å²) in [6, 6.07) is 4.48. The molecule has 0 bridgehead atoms. The standard InChI is InChI=1S/C17H16F3N5O/c1-9-12(8-21-24-9)13-3-2-10-6-14(23-15(10)22-13)16(26)25-5-4-11(25)7-17(18,19)20/h2-3,6,8,11H,4-5,7H2,1H3,(H,21,24)(H,22,23)/t11-/m1/s1. The average molecular weight is 363 g/mol. The number of nitrogens with one attached hydrogen (secondary N) is 2. The molecule has 26 heavy (non-hydrogen) atoms. The summed E-state index contributed by atoms with van der Waals surface area (Å²) in [5.41, 5.74) is 3.18. The molecule has 0 spiro atoms. The number of H-pyrrole nitrogens is 2. The van der Waals surface area contributed by atoms with Gasteiger partial charge in [-0.1, -0.05) is 0 Å². The molecule has 1 fully saturated rings. The van der Waals surface area contributed by atoms with E-state index in [0.717, 1.165) is 16.6 Å². The number of carbonyl (C=O) groups excluding carboxylic acids is 1. The second-order valence-electron chi connectivity index (χ2n) is 6.49. The van der Waals surface area contributed by atoms with Crippen LogP contribution in [0.2, 0.25) is 0 Å². The fourth-order valence-electron chi connectivity index (χ4n) is 3.22. The lowest BCUT2D eigenvalue weighted by atomic mass is 9.99. The van der Waals surface area contributed by atoms with Crippen LogP contribution in [0.3, 0.4) is 0 Å². The number of alkyl halides is 3. The number of hydrogen-bond donors (Lipinski definition) is 2. The van der Waals surface area contributed by atoms with Crippen LogP contribution >= 0.6 is 0 Å². The van der Waals surface area contributed by atoms with Crippen molar-refractivity contribution >= 4 is 16.9 Å². The van der Waals surface area contributed by atoms with Crippen molar-refractivity contribution in [1.82, 2.24) is 25.1 Å². The van der Waals surface area contributed by atoms with E-state index in [-0.39, 0.29) is 5.69 Å². The molecule has 0 radical (unpaired) electrons. The maximum absolute atomic E-state index is 12.6. The highest BCUT2D eigenvalue weighted by atomic mass is 19.4. The third-order valence-corrected chi connectivity index (χ3v) is 4.69. The van der Waals surface area contributed by atoms with Gasteiger partial charge in [0.2, 0.25) is 0 Å². The minimum absolute atomic E-state index is 0.250. The Kier molecular flexibility index (Phi) is 3.74. The molecule has 9 heteroatoms. The molecule has 6 nitrogen and oxygen atoms in total. The molecule has 3 aromatic heterocycles. The minimum atomic E-state index is -4.27. The zero-order chi connectivity index (χ0) is 18.5. The summed E-state index contributed by atoms with van der Waals surface area (Å²) in [6.07, 6.45) is -3.21. The molecule has 1 saturated heterocycles. The number of likely N-dealkylation sites (tertiary alicyclic amines) is 1. The van der Waals surface area contributed by atoms with Crippen molar-refractivity contribution in [2.75, 3.05) is 6.54 Å². The fraction of sp³-hybridized carbons (Fsp3) is 0.353. The minimum Gasteiger partial charge on any atom is -0.335 e. The maximum Gasteiger partial charge on any atom is 0.391 e. The zero-order valence-corrected chi connectivity index (χ0v) is 13.9. The monoisotopic (exact) mass is 363 g/mol. The van der Waals surface area contributed by atoms with Crippen LogP contribution in [0.25, 0.3) is 22.3 Å². The Morgan fingerprint density at radius 3 is 2.81 bits per heavy atom. The Morgan fingerprint density at radius 2 is 2.19 bits per heavy atom. The summed E-state index contributed by atoms with van der Waals surface area (Å²) in [7, 11) is 0. The third kappa shape index (κ3) is 2.93. The number of halogens is 3. The van der Waals surface area contributed by atoms with Gasteiger partial charge in [-0.15, -0.1) is 0 Å². The van der Waals surface area contributed by atoms with Gasteiger partial charge in [0.15, 0.2) is 0 Å². The molecule has 0 unspecified atom stereocenters. The zero-order valence-electron chi connectivity index (χ0n) is 13.9. The molecule has 2 N–H and O–H groups in total. The van der Waals surface area contributed by atoms with E-state index in [4.69, 9.17) is 0 Å². The first-order valence-electron chi connectivity index (χ1n) is 8.19. The number of rotatable bonds is 3. The molecule has 136 valence electrons. The second-order valence-corrected chi connectivity index (χ2v) is 6.49. The fourth-order valence-corrected chi connectivity index (χ4v) is 3.22. The molecule has 0 aliphatic carbocycles. The number of fused-ring (bicyclic) bond motifs is 1. The lowest BCUT2D eigenvalue weighted by molar-refractivity contribution is -0.152. The van der Waals surface area contributed by atoms with Crippen LogP contribution in [0.5, 0.6) is 0 Å². The van der Waals surface area contributed by atoms with Gasteiger partial charge in [0.25, 0.3) is 5.91 Å². The topological polar surface area (TPSA) is 77.7 Å². The van der Waals surface area contributed by atoms with Crippen LogP contribution in [-0.4, -0.2) is 49.7 Å². The first-order chi connectivity index (χ1) is 12.3. The molecular weight excluding hydrogens is 347 g/mol. The number of nitrogens with zero attached hydrogens (tertiary/aromatic N) is 3. The van der Waals surface area contributed by atoms with Gasteiger partial charge in [-0.2, -0.15) is 18.3 Å². The van der Waals surface area contributed by atoms with Crippen molar-refractivity contribution in [3.63, 3.8) is 0 Å². The predicted octanol–water partition coefficient (Wildman–Crippen LogP) is 3.43. The van der Waals surface area contributed by atoms with Gasteiger partial charge >= 0.3 is 6.18 Å². The normalized spacial score (nSPS) is 17.5. The van der Waals surface area contributed by atoms with Gasteiger partial charge in [-0.25, -0.2) is 4.98 Å². The summed E-state index contributed by atoms with van der Waals surface area (Å²) >= 11 is 0. The van der Waals surface area contributed by atoms with Gasteiger partial charge < -0.3 is 9.88 Å². The summed E-state index contributed by atoms with van der Waals surface area (Å²) in [6.45, 7) is 2.21. The lowest BCUT2D eigenvalue weighted by Crippen LogP contribution is -2.52. The highest BCUT2D eigenvalue weighted by molar-refractivity contribution is 5.98. The van der Waals surface area contributed by atoms with Gasteiger partial charge in [-0.3, -0.25) is 9.89 Å². The van der Waals surface area contributed by atoms with Gasteiger partial charge in [0.05, 0.1) is 18.3 Å². The summed E-state index contributed by atoms with van der Waals surface area (Å²) in [5.74, 6) is -0.426. The van der Waals surface area contributed by atoms with Gasteiger partial charge in [0, 0.05) is 29.2 Å². The summed E-state index contributed by atoms with van der Waals surface area (Å²) in [4.78, 5) is 21.2. The average Bonchev–Trinajstić information content (AvgIpc) is 3.16. The molecule has 4 heterocycles. The number of amides is 1. The molecule has 1 aliphatic rings. The molecule has 4 rings (SSSR count). The first-order valence-corrected chi connectivity index (χ1v) is 8.19. The molecule has 0 saturated carbocycles. The molecule has 1 amide bonds. The number of hydrogen-bond acceptors (Lipinski definition) is 3. The Hall–Kier alpha value is -2.84. The Labute approximate surface area is 146 Å². The van der Waals surface area contributed by atoms with Crippen LogP contribution in [-0.2, 0) is 0 Å². The van der Waals surface area contributed by atoms with Crippen molar-refractivity contribution in [2.45, 2.75) is 32.0 Å². The van der Waals surface area contributed by atoms with E-state index in [1.807, 2.05) is 19.1 Å². The van der Waals surface area contributed by atoms with Crippen molar-refractivity contribution < 1.29 is 18.0 Å². The Balaban J connectivity index is 1.59. The maximum atomic E-state index is 12.6. The highest BCUT2D eigenvalue weighted by Gasteiger charge is 2.41. The van der Waals surface area contributed by atoms with E-state index in [0.29, 0.717) is 24.3 Å². The van der Waals surface area contributed by atoms with Crippen LogP contribution in [0.4, 0.5) is 13.2 Å². The summed E-state index contributed by atoms with van der Waals surface area (Å²) in [5, 5.41) is 7.53. The molecule has 0 aromatic carbocycles. The third-order valence-electron chi connectivity index (χ3n) is 4.69. The van der Waals surface area contributed by atoms with E-state index in [9.17, 15) is 18.0 Å². The molecule has 1 aliphatic heterocycles. The molecule has 3 aromatic rings. The first kappa shape index (κ1) is 16.6. The van der Waals surface area contributed by atoms with Crippen LogP contribution in [0.1, 0.15) is 29.0 Å². The number of aromatic amines is 2. The smallest absolute Gasteiger partial charge is 0.335 e. The van der Waals surface area contributed by atoms with Crippen LogP contribution < -0.4 is 0 Å². The van der Waals surface area contributed by atoms with Gasteiger partial charge in [0.1, 0.15) is 11.3 Å². The molecule has 1 atom stereocenters. The van der Waals surface area contributed by atoms with Crippen molar-refractivity contribution in [2.24, 2.45) is 0 Å². The molecular formula is C17H16F3N5O. The Bertz CT molecular complexity index is 974. The van der Waals surface area contributed by atoms with Crippen LogP contribution in [0, 0.1) is 6.92 Å². The quantitative estimate of drug-likeness (QED) is 0.748. The SMILES string of the molecule is Cc1[nH]ncc1-c1ccc2cc(C(=O)N3CC[C@@H]3CC(F)(F)F)[nH]c2n1. The van der Waals surface area contributed by atoms with Crippen molar-refractivity contribution in [3.8, 4) is 11.3 Å². The van der Waals surface area contributed by atoms with Crippen LogP contribution in [0.15, 0.2) is 24.4 Å². The number of aryl methyl sites for hydroxylation is 1. The second kappa shape index (κ2) is 5.86. The van der Waals surface area contributed by atoms with E-state index in [1.54, 1.807) is 12.3 Å². The van der Waals surface area contributed by atoms with E-state index in [1.165, 1.54) is 4.90 Å². The number of carbonyl (C=O) groups is 1. The van der Waals surface area contributed by atoms with E-state index in [2.05, 4.69) is 20.2 Å². The highest BCUT2D eigenvalue weighted by Crippen LogP contribution is 2.32. The lowest BCUT2D eigenvalue weighted by Gasteiger charge is -2.41. The van der Waals surface area contributed by atoms with E-state index >= 15 is 0 Å². The van der Waals surface area contributed by atoms with Gasteiger partial charge in [-0.05, 0) is 31.5 Å². The van der Waals surface area contributed by atoms with E-state index < -0.39 is 24.5 Å². The number of pyridine rings is 1.